The number of thioether (sulfide) groups is 1. The highest BCUT2D eigenvalue weighted by Gasteiger charge is 2.14. The molecule has 1 N–H and O–H groups in total. The number of hydrazone groups is 1. The van der Waals surface area contributed by atoms with Crippen molar-refractivity contribution in [1.29, 1.82) is 0 Å². The molecular weight excluding hydrogens is 390 g/mol. The van der Waals surface area contributed by atoms with Gasteiger partial charge in [-0.1, -0.05) is 35.9 Å². The number of carbonyl (C=O) groups is 1. The minimum absolute atomic E-state index is 0.131. The number of hydrogen-bond donors (Lipinski definition) is 1. The smallest absolute Gasteiger partial charge is 0.253 e. The van der Waals surface area contributed by atoms with Crippen LogP contribution in [0.4, 0.5) is 0 Å². The van der Waals surface area contributed by atoms with E-state index in [9.17, 15) is 4.79 Å². The molecule has 3 aromatic rings. The molecule has 1 heterocycles. The van der Waals surface area contributed by atoms with Crippen molar-refractivity contribution in [3.05, 3.63) is 82.6 Å². The number of nitrogens with zero attached hydrogens (tertiary/aromatic N) is 2. The molecule has 1 amide bonds. The van der Waals surface area contributed by atoms with Crippen molar-refractivity contribution in [1.82, 2.24) is 9.99 Å². The zero-order valence-corrected chi connectivity index (χ0v) is 17.6. The normalized spacial score (nSPS) is 12.3. The number of rotatable bonds is 6. The Bertz CT molecular complexity index is 998. The molecule has 4 nitrogen and oxygen atoms in total. The Balaban J connectivity index is 1.68. The molecule has 144 valence electrons. The monoisotopic (exact) mass is 411 g/mol. The summed E-state index contributed by atoms with van der Waals surface area (Å²) in [5.41, 5.74) is 6.68. The van der Waals surface area contributed by atoms with Crippen molar-refractivity contribution in [2.75, 3.05) is 0 Å². The highest BCUT2D eigenvalue weighted by atomic mass is 35.5. The van der Waals surface area contributed by atoms with E-state index in [2.05, 4.69) is 15.1 Å². The van der Waals surface area contributed by atoms with E-state index in [1.807, 2.05) is 81.4 Å². The SMILES string of the molecule is Cc1cc(/C=N\NC(=O)[C@@H](C)Sc2ccccc2)c(C)n1-c1cccc(Cl)c1. The third-order valence-electron chi connectivity index (χ3n) is 4.34. The van der Waals surface area contributed by atoms with Crippen molar-refractivity contribution >= 4 is 35.5 Å². The van der Waals surface area contributed by atoms with Gasteiger partial charge in [-0.25, -0.2) is 5.43 Å². The van der Waals surface area contributed by atoms with E-state index in [0.29, 0.717) is 5.02 Å². The van der Waals surface area contributed by atoms with E-state index >= 15 is 0 Å². The van der Waals surface area contributed by atoms with Gasteiger partial charge in [0.1, 0.15) is 0 Å². The fourth-order valence-corrected chi connectivity index (χ4v) is 4.01. The first kappa shape index (κ1) is 20.2. The Hall–Kier alpha value is -2.50. The Morgan fingerprint density at radius 1 is 1.14 bits per heavy atom. The first-order valence-electron chi connectivity index (χ1n) is 8.95. The average Bonchev–Trinajstić information content (AvgIpc) is 2.96. The first-order valence-corrected chi connectivity index (χ1v) is 10.2. The molecule has 6 heteroatoms. The third kappa shape index (κ3) is 4.86. The van der Waals surface area contributed by atoms with Crippen molar-refractivity contribution in [3.63, 3.8) is 0 Å². The van der Waals surface area contributed by atoms with Crippen molar-refractivity contribution in [2.45, 2.75) is 30.9 Å². The summed E-state index contributed by atoms with van der Waals surface area (Å²) in [6, 6.07) is 19.6. The van der Waals surface area contributed by atoms with Gasteiger partial charge < -0.3 is 4.57 Å². The molecule has 0 radical (unpaired) electrons. The van der Waals surface area contributed by atoms with Crippen LogP contribution in [0.25, 0.3) is 5.69 Å². The number of nitrogens with one attached hydrogen (secondary N) is 1. The van der Waals surface area contributed by atoms with Crippen LogP contribution in [0.2, 0.25) is 5.02 Å². The number of benzene rings is 2. The van der Waals surface area contributed by atoms with Crippen molar-refractivity contribution in [2.24, 2.45) is 5.10 Å². The summed E-state index contributed by atoms with van der Waals surface area (Å²) in [6.07, 6.45) is 1.68. The average molecular weight is 412 g/mol. The van der Waals surface area contributed by atoms with Crippen LogP contribution in [0.15, 0.2) is 70.7 Å². The van der Waals surface area contributed by atoms with Crippen LogP contribution in [0.3, 0.4) is 0 Å². The van der Waals surface area contributed by atoms with E-state index in [1.54, 1.807) is 6.21 Å². The highest BCUT2D eigenvalue weighted by molar-refractivity contribution is 8.00. The Morgan fingerprint density at radius 2 is 1.89 bits per heavy atom. The lowest BCUT2D eigenvalue weighted by molar-refractivity contribution is -0.120. The van der Waals surface area contributed by atoms with Gasteiger partial charge in [0.2, 0.25) is 0 Å². The zero-order valence-electron chi connectivity index (χ0n) is 16.0. The predicted molar refractivity (Wildman–Crippen MR) is 118 cm³/mol. The summed E-state index contributed by atoms with van der Waals surface area (Å²) >= 11 is 7.63. The molecule has 2 aromatic carbocycles. The van der Waals surface area contributed by atoms with E-state index in [1.165, 1.54) is 11.8 Å². The molecule has 0 bridgehead atoms. The van der Waals surface area contributed by atoms with E-state index in [0.717, 1.165) is 27.5 Å². The molecule has 3 rings (SSSR count). The summed E-state index contributed by atoms with van der Waals surface area (Å²) in [7, 11) is 0. The van der Waals surface area contributed by atoms with Gasteiger partial charge in [0, 0.05) is 32.6 Å². The summed E-state index contributed by atoms with van der Waals surface area (Å²) in [5.74, 6) is -0.131. The second kappa shape index (κ2) is 9.13. The van der Waals surface area contributed by atoms with Crippen LogP contribution >= 0.6 is 23.4 Å². The zero-order chi connectivity index (χ0) is 20.1. The molecule has 0 aliphatic heterocycles. The van der Waals surface area contributed by atoms with Gasteiger partial charge in [-0.05, 0) is 57.2 Å². The molecule has 0 saturated heterocycles. The summed E-state index contributed by atoms with van der Waals surface area (Å²) in [4.78, 5) is 13.3. The van der Waals surface area contributed by atoms with Gasteiger partial charge in [0.15, 0.2) is 0 Å². The van der Waals surface area contributed by atoms with Gasteiger partial charge in [0.05, 0.1) is 11.5 Å². The molecular formula is C22H22ClN3OS. The van der Waals surface area contributed by atoms with Crippen LogP contribution in [-0.2, 0) is 4.79 Å². The number of amides is 1. The standard InChI is InChI=1S/C22H22ClN3OS/c1-15-12-18(16(2)26(15)20-9-7-8-19(23)13-20)14-24-25-22(27)17(3)28-21-10-5-4-6-11-21/h4-14,17H,1-3H3,(H,25,27)/b24-14-/t17-/m1/s1. The lowest BCUT2D eigenvalue weighted by Gasteiger charge is -2.10. The van der Waals surface area contributed by atoms with Crippen LogP contribution < -0.4 is 5.43 Å². The fourth-order valence-electron chi connectivity index (χ4n) is 2.94. The Kier molecular flexibility index (Phi) is 6.60. The maximum atomic E-state index is 12.3. The number of halogens is 1. The fraction of sp³-hybridized carbons (Fsp3) is 0.182. The largest absolute Gasteiger partial charge is 0.318 e. The molecule has 1 atom stereocenters. The maximum Gasteiger partial charge on any atom is 0.253 e. The molecule has 1 aromatic heterocycles. The molecule has 0 aliphatic carbocycles. The third-order valence-corrected chi connectivity index (χ3v) is 5.69. The molecule has 0 spiro atoms. The molecule has 0 unspecified atom stereocenters. The second-order valence-electron chi connectivity index (χ2n) is 6.45. The summed E-state index contributed by atoms with van der Waals surface area (Å²) in [6.45, 7) is 5.92. The number of aromatic nitrogens is 1. The van der Waals surface area contributed by atoms with Gasteiger partial charge in [-0.15, -0.1) is 11.8 Å². The number of aryl methyl sites for hydroxylation is 1. The summed E-state index contributed by atoms with van der Waals surface area (Å²) in [5, 5.41) is 4.61. The number of hydrogen-bond acceptors (Lipinski definition) is 3. The molecule has 28 heavy (non-hydrogen) atoms. The quantitative estimate of drug-likeness (QED) is 0.336. The summed E-state index contributed by atoms with van der Waals surface area (Å²) < 4.78 is 2.11. The topological polar surface area (TPSA) is 46.4 Å². The van der Waals surface area contributed by atoms with E-state index in [-0.39, 0.29) is 11.2 Å². The second-order valence-corrected chi connectivity index (χ2v) is 8.30. The lowest BCUT2D eigenvalue weighted by Crippen LogP contribution is -2.26. The van der Waals surface area contributed by atoms with Crippen LogP contribution in [-0.4, -0.2) is 21.9 Å². The Labute approximate surface area is 174 Å². The predicted octanol–water partition coefficient (Wildman–Crippen LogP) is 5.38. The highest BCUT2D eigenvalue weighted by Crippen LogP contribution is 2.23. The van der Waals surface area contributed by atoms with Crippen LogP contribution in [0.5, 0.6) is 0 Å². The van der Waals surface area contributed by atoms with Gasteiger partial charge in [0.25, 0.3) is 5.91 Å². The van der Waals surface area contributed by atoms with Gasteiger partial charge in [-0.3, -0.25) is 4.79 Å². The number of carbonyl (C=O) groups excluding carboxylic acids is 1. The first-order chi connectivity index (χ1) is 13.5. The molecule has 0 saturated carbocycles. The van der Waals surface area contributed by atoms with Crippen molar-refractivity contribution in [3.8, 4) is 5.69 Å². The van der Waals surface area contributed by atoms with Crippen molar-refractivity contribution < 1.29 is 4.79 Å². The van der Waals surface area contributed by atoms with Gasteiger partial charge >= 0.3 is 0 Å². The Morgan fingerprint density at radius 3 is 2.61 bits per heavy atom. The minimum Gasteiger partial charge on any atom is -0.318 e. The maximum absolute atomic E-state index is 12.3. The lowest BCUT2D eigenvalue weighted by atomic mass is 10.2. The van der Waals surface area contributed by atoms with Gasteiger partial charge in [-0.2, -0.15) is 5.10 Å². The minimum atomic E-state index is -0.238. The molecule has 0 fully saturated rings. The van der Waals surface area contributed by atoms with Crippen LogP contribution in [0, 0.1) is 13.8 Å². The molecule has 0 aliphatic rings. The van der Waals surface area contributed by atoms with E-state index in [4.69, 9.17) is 11.6 Å². The van der Waals surface area contributed by atoms with Crippen LogP contribution in [0.1, 0.15) is 23.9 Å². The van der Waals surface area contributed by atoms with E-state index < -0.39 is 0 Å².